The molecule has 0 unspecified atom stereocenters. The summed E-state index contributed by atoms with van der Waals surface area (Å²) in [6.45, 7) is 7.08. The van der Waals surface area contributed by atoms with Crippen LogP contribution in [0.1, 0.15) is 32.1 Å². The number of carbonyl (C=O) groups is 2. The molecule has 144 valence electrons. The number of nitrogens with zero attached hydrogens (tertiary/aromatic N) is 3. The minimum atomic E-state index is -0.420. The Balaban J connectivity index is 1.61. The van der Waals surface area contributed by atoms with Crippen molar-refractivity contribution in [3.63, 3.8) is 0 Å². The van der Waals surface area contributed by atoms with E-state index in [-0.39, 0.29) is 5.78 Å². The Labute approximate surface area is 166 Å². The third-order valence-corrected chi connectivity index (χ3v) is 5.35. The Morgan fingerprint density at radius 2 is 1.93 bits per heavy atom. The fourth-order valence-corrected chi connectivity index (χ4v) is 3.64. The fraction of sp³-hybridized carbons (Fsp3) is 0.421. The van der Waals surface area contributed by atoms with Gasteiger partial charge in [0.1, 0.15) is 5.82 Å². The first kappa shape index (κ1) is 19.6. The molecule has 0 spiro atoms. The van der Waals surface area contributed by atoms with Crippen LogP contribution < -0.4 is 4.90 Å². The van der Waals surface area contributed by atoms with Gasteiger partial charge in [0.25, 0.3) is 0 Å². The highest BCUT2D eigenvalue weighted by Gasteiger charge is 2.25. The molecule has 0 atom stereocenters. The number of aromatic nitrogens is 2. The van der Waals surface area contributed by atoms with Crippen molar-refractivity contribution in [1.82, 2.24) is 14.9 Å². The molecule has 27 heavy (non-hydrogen) atoms. The number of Topliss-reactive ketones (excluding diaryl/α,β-unsaturated/α-hetero) is 1. The molecule has 0 radical (unpaired) electrons. The number of ether oxygens (including phenoxy) is 1. The molecule has 1 aliphatic heterocycles. The van der Waals surface area contributed by atoms with Gasteiger partial charge in [0.2, 0.25) is 0 Å². The highest BCUT2D eigenvalue weighted by atomic mass is 79.9. The molecule has 2 aromatic rings. The van der Waals surface area contributed by atoms with E-state index in [9.17, 15) is 9.59 Å². The number of rotatable bonds is 5. The second-order valence-electron chi connectivity index (χ2n) is 6.64. The van der Waals surface area contributed by atoms with Crippen LogP contribution in [-0.2, 0) is 4.74 Å². The fourth-order valence-electron chi connectivity index (χ4n) is 3.41. The standard InChI is InChI=1S/C19H23BrN4O3/c1-12-17(19(26)27-3)13(2)22-18(12)15(25)11-23-6-8-24(9-7-23)16-5-4-14(20)10-21-16/h4-5,10,22H,6-9,11H2,1-3H3. The molecule has 0 saturated carbocycles. The molecule has 0 amide bonds. The van der Waals surface area contributed by atoms with Crippen LogP contribution in [0.15, 0.2) is 22.8 Å². The number of hydrogen-bond donors (Lipinski definition) is 1. The van der Waals surface area contributed by atoms with E-state index >= 15 is 0 Å². The van der Waals surface area contributed by atoms with E-state index in [4.69, 9.17) is 4.74 Å². The number of halogens is 1. The first-order valence-corrected chi connectivity index (χ1v) is 9.59. The van der Waals surface area contributed by atoms with Crippen molar-refractivity contribution < 1.29 is 14.3 Å². The Bertz CT molecular complexity index is 839. The number of pyridine rings is 1. The molecular formula is C19H23BrN4O3. The first-order chi connectivity index (χ1) is 12.9. The van der Waals surface area contributed by atoms with Gasteiger partial charge in [-0.2, -0.15) is 0 Å². The SMILES string of the molecule is COC(=O)c1c(C)[nH]c(C(=O)CN2CCN(c3ccc(Br)cn3)CC2)c1C. The predicted octanol–water partition coefficient (Wildman–Crippen LogP) is 2.58. The zero-order chi connectivity index (χ0) is 19.6. The number of aromatic amines is 1. The third kappa shape index (κ3) is 4.22. The normalized spacial score (nSPS) is 15.0. The van der Waals surface area contributed by atoms with Crippen molar-refractivity contribution in [3.8, 4) is 0 Å². The molecule has 8 heteroatoms. The topological polar surface area (TPSA) is 78.5 Å². The molecule has 2 aromatic heterocycles. The molecule has 1 saturated heterocycles. The number of anilines is 1. The van der Waals surface area contributed by atoms with Crippen molar-refractivity contribution in [2.45, 2.75) is 13.8 Å². The second-order valence-corrected chi connectivity index (χ2v) is 7.55. The lowest BCUT2D eigenvalue weighted by atomic mass is 10.1. The molecule has 1 fully saturated rings. The number of H-pyrrole nitrogens is 1. The molecule has 3 heterocycles. The monoisotopic (exact) mass is 434 g/mol. The summed E-state index contributed by atoms with van der Waals surface area (Å²) in [6.07, 6.45) is 1.79. The van der Waals surface area contributed by atoms with Gasteiger partial charge in [-0.1, -0.05) is 0 Å². The Kier molecular flexibility index (Phi) is 5.96. The van der Waals surface area contributed by atoms with E-state index in [1.165, 1.54) is 7.11 Å². The van der Waals surface area contributed by atoms with E-state index in [0.717, 1.165) is 36.5 Å². The van der Waals surface area contributed by atoms with Gasteiger partial charge in [0.05, 0.1) is 24.9 Å². The zero-order valence-corrected chi connectivity index (χ0v) is 17.3. The van der Waals surface area contributed by atoms with Crippen LogP contribution in [0.25, 0.3) is 0 Å². The molecule has 1 N–H and O–H groups in total. The highest BCUT2D eigenvalue weighted by molar-refractivity contribution is 9.10. The van der Waals surface area contributed by atoms with Gasteiger partial charge in [-0.05, 0) is 47.5 Å². The van der Waals surface area contributed by atoms with Crippen LogP contribution in [0.3, 0.4) is 0 Å². The van der Waals surface area contributed by atoms with Crippen molar-refractivity contribution in [1.29, 1.82) is 0 Å². The van der Waals surface area contributed by atoms with Gasteiger partial charge in [-0.15, -0.1) is 0 Å². The van der Waals surface area contributed by atoms with Crippen LogP contribution in [-0.4, -0.2) is 66.5 Å². The summed E-state index contributed by atoms with van der Waals surface area (Å²) in [5.41, 5.74) is 2.26. The first-order valence-electron chi connectivity index (χ1n) is 8.80. The van der Waals surface area contributed by atoms with E-state index in [2.05, 4.69) is 35.7 Å². The number of methoxy groups -OCH3 is 1. The number of ketones is 1. The van der Waals surface area contributed by atoms with Gasteiger partial charge in [-0.25, -0.2) is 9.78 Å². The van der Waals surface area contributed by atoms with Crippen LogP contribution in [0.4, 0.5) is 5.82 Å². The Morgan fingerprint density at radius 1 is 1.22 bits per heavy atom. The Morgan fingerprint density at radius 3 is 2.52 bits per heavy atom. The quantitative estimate of drug-likeness (QED) is 0.575. The summed E-state index contributed by atoms with van der Waals surface area (Å²) < 4.78 is 5.76. The zero-order valence-electron chi connectivity index (χ0n) is 15.7. The molecule has 7 nitrogen and oxygen atoms in total. The lowest BCUT2D eigenvalue weighted by molar-refractivity contribution is 0.0599. The molecule has 1 aliphatic rings. The largest absolute Gasteiger partial charge is 0.465 e. The lowest BCUT2D eigenvalue weighted by Crippen LogP contribution is -2.48. The van der Waals surface area contributed by atoms with E-state index in [0.29, 0.717) is 29.1 Å². The summed E-state index contributed by atoms with van der Waals surface area (Å²) in [5, 5.41) is 0. The number of piperazine rings is 1. The van der Waals surface area contributed by atoms with Gasteiger partial charge in [0, 0.05) is 42.5 Å². The maximum absolute atomic E-state index is 12.7. The predicted molar refractivity (Wildman–Crippen MR) is 107 cm³/mol. The molecule has 0 bridgehead atoms. The van der Waals surface area contributed by atoms with E-state index in [1.54, 1.807) is 20.0 Å². The smallest absolute Gasteiger partial charge is 0.339 e. The third-order valence-electron chi connectivity index (χ3n) is 4.88. The van der Waals surface area contributed by atoms with Crippen molar-refractivity contribution in [3.05, 3.63) is 45.3 Å². The van der Waals surface area contributed by atoms with Crippen LogP contribution in [0.2, 0.25) is 0 Å². The number of esters is 1. The van der Waals surface area contributed by atoms with Crippen LogP contribution >= 0.6 is 15.9 Å². The van der Waals surface area contributed by atoms with E-state index < -0.39 is 5.97 Å². The molecule has 0 aromatic carbocycles. The van der Waals surface area contributed by atoms with E-state index in [1.807, 2.05) is 12.1 Å². The average molecular weight is 435 g/mol. The summed E-state index contributed by atoms with van der Waals surface area (Å²) in [4.78, 5) is 36.5. The minimum absolute atomic E-state index is 0.0130. The average Bonchev–Trinajstić information content (AvgIpc) is 2.97. The summed E-state index contributed by atoms with van der Waals surface area (Å²) in [6, 6.07) is 3.97. The van der Waals surface area contributed by atoms with Gasteiger partial charge >= 0.3 is 5.97 Å². The van der Waals surface area contributed by atoms with Crippen molar-refractivity contribution >= 4 is 33.5 Å². The summed E-state index contributed by atoms with van der Waals surface area (Å²) in [5.74, 6) is 0.514. The van der Waals surface area contributed by atoms with Crippen LogP contribution in [0, 0.1) is 13.8 Å². The van der Waals surface area contributed by atoms with Crippen molar-refractivity contribution in [2.24, 2.45) is 0 Å². The number of hydrogen-bond acceptors (Lipinski definition) is 6. The highest BCUT2D eigenvalue weighted by Crippen LogP contribution is 2.20. The number of nitrogens with one attached hydrogen (secondary N) is 1. The van der Waals surface area contributed by atoms with Crippen LogP contribution in [0.5, 0.6) is 0 Å². The number of aryl methyl sites for hydroxylation is 1. The minimum Gasteiger partial charge on any atom is -0.465 e. The summed E-state index contributed by atoms with van der Waals surface area (Å²) in [7, 11) is 1.34. The molecule has 3 rings (SSSR count). The lowest BCUT2D eigenvalue weighted by Gasteiger charge is -2.35. The van der Waals surface area contributed by atoms with Gasteiger partial charge in [0.15, 0.2) is 5.78 Å². The Hall–Kier alpha value is -2.19. The molecular weight excluding hydrogens is 412 g/mol. The second kappa shape index (κ2) is 8.22. The maximum atomic E-state index is 12.7. The van der Waals surface area contributed by atoms with Gasteiger partial charge in [-0.3, -0.25) is 9.69 Å². The molecule has 0 aliphatic carbocycles. The van der Waals surface area contributed by atoms with Gasteiger partial charge < -0.3 is 14.6 Å². The maximum Gasteiger partial charge on any atom is 0.339 e. The summed E-state index contributed by atoms with van der Waals surface area (Å²) >= 11 is 3.40. The number of carbonyl (C=O) groups excluding carboxylic acids is 2. The van der Waals surface area contributed by atoms with Crippen molar-refractivity contribution in [2.75, 3.05) is 44.7 Å².